The molecule has 14 heavy (non-hydrogen) atoms. The van der Waals surface area contributed by atoms with Gasteiger partial charge in [0.1, 0.15) is 5.75 Å². The molecule has 0 radical (unpaired) electrons. The van der Waals surface area contributed by atoms with Crippen molar-refractivity contribution in [1.29, 1.82) is 0 Å². The highest BCUT2D eigenvalue weighted by Crippen LogP contribution is 2.31. The third-order valence-electron chi connectivity index (χ3n) is 1.87. The Morgan fingerprint density at radius 1 is 1.43 bits per heavy atom. The maximum absolute atomic E-state index is 5.20. The number of ether oxygens (including phenoxy) is 1. The molecule has 1 aromatic heterocycles. The lowest BCUT2D eigenvalue weighted by Gasteiger charge is -2.03. The number of methoxy groups -OCH3 is 1. The number of halogens is 1. The van der Waals surface area contributed by atoms with E-state index in [9.17, 15) is 0 Å². The molecule has 3 nitrogen and oxygen atoms in total. The summed E-state index contributed by atoms with van der Waals surface area (Å²) in [6.07, 6.45) is 3.07. The summed E-state index contributed by atoms with van der Waals surface area (Å²) in [5.74, 6) is 1.51. The molecule has 4 heteroatoms. The minimum absolute atomic E-state index is 0.718. The Bertz CT molecular complexity index is 426. The van der Waals surface area contributed by atoms with Crippen molar-refractivity contribution in [2.24, 2.45) is 0 Å². The van der Waals surface area contributed by atoms with E-state index in [1.807, 2.05) is 18.2 Å². The van der Waals surface area contributed by atoms with Crippen LogP contribution in [0.3, 0.4) is 0 Å². The molecule has 0 aliphatic rings. The van der Waals surface area contributed by atoms with Gasteiger partial charge in [0.15, 0.2) is 12.2 Å². The molecule has 1 heterocycles. The summed E-state index contributed by atoms with van der Waals surface area (Å²) in [4.78, 5) is 3.87. The first-order valence-electron chi connectivity index (χ1n) is 4.03. The first-order valence-corrected chi connectivity index (χ1v) is 4.83. The van der Waals surface area contributed by atoms with Crippen LogP contribution >= 0.6 is 15.9 Å². The predicted octanol–water partition coefficient (Wildman–Crippen LogP) is 3.11. The minimum Gasteiger partial charge on any atom is -0.497 e. The normalized spacial score (nSPS) is 10.1. The molecule has 72 valence electrons. The SMILES string of the molecule is COc1ccc(Br)c(-c2cnco2)c1. The van der Waals surface area contributed by atoms with Gasteiger partial charge in [-0.15, -0.1) is 0 Å². The fraction of sp³-hybridized carbons (Fsp3) is 0.100. The van der Waals surface area contributed by atoms with E-state index in [2.05, 4.69) is 20.9 Å². The maximum atomic E-state index is 5.20. The molecule has 1 aromatic carbocycles. The minimum atomic E-state index is 0.718. The highest BCUT2D eigenvalue weighted by Gasteiger charge is 2.07. The molecule has 0 aliphatic carbocycles. The summed E-state index contributed by atoms with van der Waals surface area (Å²) >= 11 is 3.44. The Morgan fingerprint density at radius 2 is 2.29 bits per heavy atom. The molecule has 0 saturated carbocycles. The Hall–Kier alpha value is -1.29. The van der Waals surface area contributed by atoms with Gasteiger partial charge in [0, 0.05) is 10.0 Å². The van der Waals surface area contributed by atoms with Gasteiger partial charge in [-0.1, -0.05) is 15.9 Å². The zero-order chi connectivity index (χ0) is 9.97. The fourth-order valence-electron chi connectivity index (χ4n) is 1.17. The van der Waals surface area contributed by atoms with Gasteiger partial charge < -0.3 is 9.15 Å². The molecule has 2 aromatic rings. The van der Waals surface area contributed by atoms with E-state index >= 15 is 0 Å². The fourth-order valence-corrected chi connectivity index (χ4v) is 1.61. The van der Waals surface area contributed by atoms with Gasteiger partial charge in [-0.25, -0.2) is 4.98 Å². The first-order chi connectivity index (χ1) is 6.81. The van der Waals surface area contributed by atoms with Crippen molar-refractivity contribution in [2.45, 2.75) is 0 Å². The van der Waals surface area contributed by atoms with Crippen LogP contribution in [0, 0.1) is 0 Å². The predicted molar refractivity (Wildman–Crippen MR) is 56.2 cm³/mol. The van der Waals surface area contributed by atoms with E-state index in [1.54, 1.807) is 13.3 Å². The molecule has 0 bridgehead atoms. The van der Waals surface area contributed by atoms with Crippen LogP contribution in [0.15, 0.2) is 39.7 Å². The zero-order valence-electron chi connectivity index (χ0n) is 7.53. The quantitative estimate of drug-likeness (QED) is 0.825. The van der Waals surface area contributed by atoms with Crippen molar-refractivity contribution in [1.82, 2.24) is 4.98 Å². The Morgan fingerprint density at radius 3 is 2.93 bits per heavy atom. The number of aromatic nitrogens is 1. The van der Waals surface area contributed by atoms with E-state index in [4.69, 9.17) is 9.15 Å². The smallest absolute Gasteiger partial charge is 0.181 e. The van der Waals surface area contributed by atoms with Crippen molar-refractivity contribution in [3.05, 3.63) is 35.3 Å². The van der Waals surface area contributed by atoms with E-state index < -0.39 is 0 Å². The van der Waals surface area contributed by atoms with Crippen molar-refractivity contribution < 1.29 is 9.15 Å². The third-order valence-corrected chi connectivity index (χ3v) is 2.56. The molecule has 0 fully saturated rings. The average Bonchev–Trinajstić information content (AvgIpc) is 2.71. The van der Waals surface area contributed by atoms with Crippen LogP contribution in [-0.2, 0) is 0 Å². The average molecular weight is 254 g/mol. The lowest BCUT2D eigenvalue weighted by atomic mass is 10.2. The van der Waals surface area contributed by atoms with Gasteiger partial charge in [-0.2, -0.15) is 0 Å². The second-order valence-corrected chi connectivity index (χ2v) is 3.57. The molecule has 0 N–H and O–H groups in total. The summed E-state index contributed by atoms with van der Waals surface area (Å²) in [5.41, 5.74) is 0.932. The Labute approximate surface area is 89.8 Å². The van der Waals surface area contributed by atoms with Crippen LogP contribution < -0.4 is 4.74 Å². The summed E-state index contributed by atoms with van der Waals surface area (Å²) in [6, 6.07) is 5.69. The molecule has 0 spiro atoms. The Balaban J connectivity index is 2.51. The number of nitrogens with zero attached hydrogens (tertiary/aromatic N) is 1. The first kappa shape index (κ1) is 9.27. The molecule has 0 atom stereocenters. The number of hydrogen-bond donors (Lipinski definition) is 0. The van der Waals surface area contributed by atoms with Crippen LogP contribution in [0.2, 0.25) is 0 Å². The molecule has 0 amide bonds. The lowest BCUT2D eigenvalue weighted by Crippen LogP contribution is -1.84. The number of hydrogen-bond acceptors (Lipinski definition) is 3. The van der Waals surface area contributed by atoms with Gasteiger partial charge in [0.25, 0.3) is 0 Å². The number of rotatable bonds is 2. The molecule has 0 aliphatic heterocycles. The van der Waals surface area contributed by atoms with E-state index in [-0.39, 0.29) is 0 Å². The number of benzene rings is 1. The Kier molecular flexibility index (Phi) is 2.54. The molecule has 0 saturated heterocycles. The second kappa shape index (κ2) is 3.84. The summed E-state index contributed by atoms with van der Waals surface area (Å²) in [6.45, 7) is 0. The highest BCUT2D eigenvalue weighted by molar-refractivity contribution is 9.10. The van der Waals surface area contributed by atoms with Crippen LogP contribution in [0.25, 0.3) is 11.3 Å². The van der Waals surface area contributed by atoms with E-state index in [0.29, 0.717) is 0 Å². The van der Waals surface area contributed by atoms with Crippen molar-refractivity contribution >= 4 is 15.9 Å². The van der Waals surface area contributed by atoms with Crippen LogP contribution in [0.1, 0.15) is 0 Å². The molecular formula is C10H8BrNO2. The van der Waals surface area contributed by atoms with Crippen molar-refractivity contribution in [2.75, 3.05) is 7.11 Å². The topological polar surface area (TPSA) is 35.3 Å². The zero-order valence-corrected chi connectivity index (χ0v) is 9.11. The maximum Gasteiger partial charge on any atom is 0.181 e. The van der Waals surface area contributed by atoms with Gasteiger partial charge in [-0.05, 0) is 18.2 Å². The van der Waals surface area contributed by atoms with Gasteiger partial charge in [0.05, 0.1) is 13.3 Å². The van der Waals surface area contributed by atoms with Gasteiger partial charge >= 0.3 is 0 Å². The lowest BCUT2D eigenvalue weighted by molar-refractivity contribution is 0.414. The molecule has 0 unspecified atom stereocenters. The van der Waals surface area contributed by atoms with Gasteiger partial charge in [0.2, 0.25) is 0 Å². The number of oxazole rings is 1. The van der Waals surface area contributed by atoms with Crippen LogP contribution in [-0.4, -0.2) is 12.1 Å². The third kappa shape index (κ3) is 1.65. The van der Waals surface area contributed by atoms with Crippen LogP contribution in [0.4, 0.5) is 0 Å². The van der Waals surface area contributed by atoms with Crippen molar-refractivity contribution in [3.63, 3.8) is 0 Å². The second-order valence-electron chi connectivity index (χ2n) is 2.71. The van der Waals surface area contributed by atoms with Crippen molar-refractivity contribution in [3.8, 4) is 17.1 Å². The monoisotopic (exact) mass is 253 g/mol. The van der Waals surface area contributed by atoms with Crippen LogP contribution in [0.5, 0.6) is 5.75 Å². The van der Waals surface area contributed by atoms with E-state index in [1.165, 1.54) is 6.39 Å². The summed E-state index contributed by atoms with van der Waals surface area (Å²) in [7, 11) is 1.63. The summed E-state index contributed by atoms with van der Waals surface area (Å²) in [5, 5.41) is 0. The molecular weight excluding hydrogens is 246 g/mol. The largest absolute Gasteiger partial charge is 0.497 e. The van der Waals surface area contributed by atoms with E-state index in [0.717, 1.165) is 21.5 Å². The summed E-state index contributed by atoms with van der Waals surface area (Å²) < 4.78 is 11.3. The molecule has 2 rings (SSSR count). The standard InChI is InChI=1S/C10H8BrNO2/c1-13-7-2-3-9(11)8(4-7)10-5-12-6-14-10/h2-6H,1H3. The van der Waals surface area contributed by atoms with Gasteiger partial charge in [-0.3, -0.25) is 0 Å². The highest BCUT2D eigenvalue weighted by atomic mass is 79.9.